The molecule has 1 rings (SSSR count). The van der Waals surface area contributed by atoms with Crippen LogP contribution in [0.3, 0.4) is 0 Å². The Morgan fingerprint density at radius 2 is 2.06 bits per heavy atom. The van der Waals surface area contributed by atoms with Gasteiger partial charge < -0.3 is 10.6 Å². The van der Waals surface area contributed by atoms with Crippen LogP contribution in [-0.4, -0.2) is 17.9 Å². The van der Waals surface area contributed by atoms with Crippen molar-refractivity contribution in [2.45, 2.75) is 26.2 Å². The average molecular weight is 250 g/mol. The summed E-state index contributed by atoms with van der Waals surface area (Å²) in [5, 5.41) is 0. The highest BCUT2D eigenvalue weighted by Crippen LogP contribution is 2.20. The molecule has 0 aliphatic heterocycles. The van der Waals surface area contributed by atoms with E-state index in [0.29, 0.717) is 11.4 Å². The van der Waals surface area contributed by atoms with Crippen LogP contribution < -0.4 is 10.6 Å². The Labute approximate surface area is 108 Å². The standard InChI is InChI=1S/C13H18N2OS/c1-3-4-9-12(16)15(2)11-8-6-5-7-10(11)13(14)17/h5-8H,3-4,9H2,1-2H3,(H2,14,17). The van der Waals surface area contributed by atoms with Crippen molar-refractivity contribution in [1.82, 2.24) is 0 Å². The van der Waals surface area contributed by atoms with Crippen molar-refractivity contribution in [3.63, 3.8) is 0 Å². The monoisotopic (exact) mass is 250 g/mol. The van der Waals surface area contributed by atoms with Crippen LogP contribution >= 0.6 is 12.2 Å². The van der Waals surface area contributed by atoms with Gasteiger partial charge in [-0.25, -0.2) is 0 Å². The molecule has 17 heavy (non-hydrogen) atoms. The van der Waals surface area contributed by atoms with Gasteiger partial charge in [-0.1, -0.05) is 37.7 Å². The molecule has 0 saturated heterocycles. The number of hydrogen-bond donors (Lipinski definition) is 1. The molecule has 0 aliphatic carbocycles. The summed E-state index contributed by atoms with van der Waals surface area (Å²) in [7, 11) is 1.76. The van der Waals surface area contributed by atoms with Crippen molar-refractivity contribution < 1.29 is 4.79 Å². The number of nitrogens with two attached hydrogens (primary N) is 1. The smallest absolute Gasteiger partial charge is 0.226 e. The van der Waals surface area contributed by atoms with Crippen LogP contribution in [0, 0.1) is 0 Å². The summed E-state index contributed by atoms with van der Waals surface area (Å²) in [5.74, 6) is 0.0931. The third-order valence-corrected chi connectivity index (χ3v) is 2.87. The van der Waals surface area contributed by atoms with Crippen molar-refractivity contribution in [3.8, 4) is 0 Å². The maximum Gasteiger partial charge on any atom is 0.226 e. The van der Waals surface area contributed by atoms with E-state index in [-0.39, 0.29) is 5.91 Å². The minimum Gasteiger partial charge on any atom is -0.389 e. The van der Waals surface area contributed by atoms with E-state index in [1.54, 1.807) is 11.9 Å². The summed E-state index contributed by atoms with van der Waals surface area (Å²) in [4.78, 5) is 13.9. The summed E-state index contributed by atoms with van der Waals surface area (Å²) in [6, 6.07) is 7.43. The minimum atomic E-state index is 0.0931. The first-order chi connectivity index (χ1) is 8.07. The minimum absolute atomic E-state index is 0.0931. The zero-order valence-electron chi connectivity index (χ0n) is 10.3. The number of hydrogen-bond acceptors (Lipinski definition) is 2. The van der Waals surface area contributed by atoms with E-state index < -0.39 is 0 Å². The molecule has 1 aromatic rings. The summed E-state index contributed by atoms with van der Waals surface area (Å²) < 4.78 is 0. The van der Waals surface area contributed by atoms with Gasteiger partial charge >= 0.3 is 0 Å². The van der Waals surface area contributed by atoms with Crippen molar-refractivity contribution in [2.75, 3.05) is 11.9 Å². The van der Waals surface area contributed by atoms with E-state index in [1.807, 2.05) is 24.3 Å². The van der Waals surface area contributed by atoms with Gasteiger partial charge in [0.15, 0.2) is 0 Å². The maximum absolute atomic E-state index is 11.9. The normalized spacial score (nSPS) is 10.0. The van der Waals surface area contributed by atoms with Gasteiger partial charge in [0.05, 0.1) is 5.69 Å². The molecule has 0 bridgehead atoms. The van der Waals surface area contributed by atoms with E-state index >= 15 is 0 Å². The number of benzene rings is 1. The number of anilines is 1. The first-order valence-corrected chi connectivity index (χ1v) is 6.14. The third kappa shape index (κ3) is 3.53. The van der Waals surface area contributed by atoms with Crippen LogP contribution in [0.25, 0.3) is 0 Å². The molecule has 0 radical (unpaired) electrons. The third-order valence-electron chi connectivity index (χ3n) is 2.65. The first kappa shape index (κ1) is 13.6. The Bertz CT molecular complexity index is 418. The van der Waals surface area contributed by atoms with Gasteiger partial charge in [0.2, 0.25) is 5.91 Å². The predicted molar refractivity (Wildman–Crippen MR) is 75.3 cm³/mol. The number of amides is 1. The Hall–Kier alpha value is -1.42. The van der Waals surface area contributed by atoms with E-state index in [0.717, 1.165) is 24.1 Å². The zero-order chi connectivity index (χ0) is 12.8. The molecule has 3 nitrogen and oxygen atoms in total. The highest BCUT2D eigenvalue weighted by molar-refractivity contribution is 7.80. The maximum atomic E-state index is 11.9. The Morgan fingerprint density at radius 1 is 1.41 bits per heavy atom. The van der Waals surface area contributed by atoms with Crippen LogP contribution in [0.4, 0.5) is 5.69 Å². The lowest BCUT2D eigenvalue weighted by Gasteiger charge is -2.20. The Kier molecular flexibility index (Phi) is 5.10. The number of carbonyl (C=O) groups excluding carboxylic acids is 1. The zero-order valence-corrected chi connectivity index (χ0v) is 11.1. The average Bonchev–Trinajstić information content (AvgIpc) is 2.34. The predicted octanol–water partition coefficient (Wildman–Crippen LogP) is 2.47. The van der Waals surface area contributed by atoms with E-state index in [4.69, 9.17) is 18.0 Å². The number of nitrogens with zero attached hydrogens (tertiary/aromatic N) is 1. The second-order valence-corrected chi connectivity index (χ2v) is 4.38. The van der Waals surface area contributed by atoms with E-state index in [9.17, 15) is 4.79 Å². The SMILES string of the molecule is CCCCC(=O)N(C)c1ccccc1C(N)=S. The van der Waals surface area contributed by atoms with Gasteiger partial charge in [-0.3, -0.25) is 4.79 Å². The lowest BCUT2D eigenvalue weighted by atomic mass is 10.1. The van der Waals surface area contributed by atoms with Crippen molar-refractivity contribution in [2.24, 2.45) is 5.73 Å². The molecule has 0 saturated carbocycles. The van der Waals surface area contributed by atoms with Crippen molar-refractivity contribution in [3.05, 3.63) is 29.8 Å². The van der Waals surface area contributed by atoms with Gasteiger partial charge in [0.1, 0.15) is 4.99 Å². The summed E-state index contributed by atoms with van der Waals surface area (Å²) in [6.07, 6.45) is 2.47. The molecule has 0 heterocycles. The number of carbonyl (C=O) groups is 1. The summed E-state index contributed by atoms with van der Waals surface area (Å²) in [6.45, 7) is 2.07. The van der Waals surface area contributed by atoms with Crippen LogP contribution in [-0.2, 0) is 4.79 Å². The first-order valence-electron chi connectivity index (χ1n) is 5.73. The lowest BCUT2D eigenvalue weighted by molar-refractivity contribution is -0.118. The molecule has 0 aliphatic rings. The molecule has 2 N–H and O–H groups in total. The fraction of sp³-hybridized carbons (Fsp3) is 0.385. The van der Waals surface area contributed by atoms with E-state index in [2.05, 4.69) is 6.92 Å². The highest BCUT2D eigenvalue weighted by Gasteiger charge is 2.14. The molecular formula is C13H18N2OS. The van der Waals surface area contributed by atoms with Gasteiger partial charge in [-0.2, -0.15) is 0 Å². The molecule has 0 fully saturated rings. The van der Waals surface area contributed by atoms with Gasteiger partial charge in [0.25, 0.3) is 0 Å². The molecule has 0 unspecified atom stereocenters. The Balaban J connectivity index is 2.91. The molecule has 0 aromatic heterocycles. The second kappa shape index (κ2) is 6.35. The van der Waals surface area contributed by atoms with Crippen molar-refractivity contribution in [1.29, 1.82) is 0 Å². The van der Waals surface area contributed by atoms with Crippen LogP contribution in [0.15, 0.2) is 24.3 Å². The molecule has 1 aromatic carbocycles. The van der Waals surface area contributed by atoms with Crippen LogP contribution in [0.1, 0.15) is 31.7 Å². The van der Waals surface area contributed by atoms with Crippen molar-refractivity contribution >= 4 is 28.8 Å². The number of unbranched alkanes of at least 4 members (excludes halogenated alkanes) is 1. The summed E-state index contributed by atoms with van der Waals surface area (Å²) >= 11 is 4.98. The molecule has 92 valence electrons. The number of thiocarbonyl (C=S) groups is 1. The summed E-state index contributed by atoms with van der Waals surface area (Å²) in [5.41, 5.74) is 7.17. The van der Waals surface area contributed by atoms with E-state index in [1.165, 1.54) is 0 Å². The number of para-hydroxylation sites is 1. The van der Waals surface area contributed by atoms with Gasteiger partial charge in [0, 0.05) is 19.0 Å². The largest absolute Gasteiger partial charge is 0.389 e. The fourth-order valence-corrected chi connectivity index (χ4v) is 1.78. The molecule has 0 atom stereocenters. The second-order valence-electron chi connectivity index (χ2n) is 3.94. The molecular weight excluding hydrogens is 232 g/mol. The lowest BCUT2D eigenvalue weighted by Crippen LogP contribution is -2.28. The Morgan fingerprint density at radius 3 is 2.65 bits per heavy atom. The molecule has 4 heteroatoms. The quantitative estimate of drug-likeness (QED) is 0.817. The molecule has 1 amide bonds. The number of rotatable bonds is 5. The molecule has 0 spiro atoms. The topological polar surface area (TPSA) is 46.3 Å². The van der Waals surface area contributed by atoms with Crippen LogP contribution in [0.2, 0.25) is 0 Å². The van der Waals surface area contributed by atoms with Gasteiger partial charge in [-0.05, 0) is 18.6 Å². The van der Waals surface area contributed by atoms with Gasteiger partial charge in [-0.15, -0.1) is 0 Å². The highest BCUT2D eigenvalue weighted by atomic mass is 32.1. The van der Waals surface area contributed by atoms with Crippen LogP contribution in [0.5, 0.6) is 0 Å². The fourth-order valence-electron chi connectivity index (χ4n) is 1.60.